The fourth-order valence-electron chi connectivity index (χ4n) is 2.89. The smallest absolute Gasteiger partial charge is 0.270 e. The topological polar surface area (TPSA) is 72.7 Å². The molecule has 1 fully saturated rings. The number of ketones is 1. The molecule has 0 aromatic heterocycles. The van der Waals surface area contributed by atoms with Gasteiger partial charge in [-0.15, -0.1) is 0 Å². The van der Waals surface area contributed by atoms with E-state index in [1.54, 1.807) is 26.2 Å². The van der Waals surface area contributed by atoms with Crippen molar-refractivity contribution < 1.29 is 14.5 Å². The Morgan fingerprint density at radius 3 is 2.90 bits per heavy atom. The SMILES string of the molecule is COc1ccc([N+](=O)[O-])cc1CN1CCCC1CC(C)=O. The maximum Gasteiger partial charge on any atom is 0.270 e. The van der Waals surface area contributed by atoms with Crippen LogP contribution in [0.4, 0.5) is 5.69 Å². The number of hydrogen-bond donors (Lipinski definition) is 0. The number of nitrogens with zero attached hydrogens (tertiary/aromatic N) is 2. The predicted octanol–water partition coefficient (Wildman–Crippen LogP) is 2.55. The van der Waals surface area contributed by atoms with Crippen molar-refractivity contribution in [3.63, 3.8) is 0 Å². The van der Waals surface area contributed by atoms with Crippen LogP contribution in [0.3, 0.4) is 0 Å². The van der Waals surface area contributed by atoms with Crippen LogP contribution in [0.1, 0.15) is 31.7 Å². The highest BCUT2D eigenvalue weighted by molar-refractivity contribution is 5.76. The summed E-state index contributed by atoms with van der Waals surface area (Å²) in [7, 11) is 1.56. The number of Topliss-reactive ketones (excluding diaryl/α,β-unsaturated/α-hetero) is 1. The van der Waals surface area contributed by atoms with Crippen LogP contribution < -0.4 is 4.74 Å². The maximum atomic E-state index is 11.3. The molecule has 6 nitrogen and oxygen atoms in total. The number of likely N-dealkylation sites (tertiary alicyclic amines) is 1. The molecule has 0 spiro atoms. The first-order chi connectivity index (χ1) is 10.0. The normalized spacial score (nSPS) is 18.7. The number of nitro benzene ring substituents is 1. The van der Waals surface area contributed by atoms with Crippen LogP contribution in [0.15, 0.2) is 18.2 Å². The van der Waals surface area contributed by atoms with Gasteiger partial charge >= 0.3 is 0 Å². The van der Waals surface area contributed by atoms with E-state index in [2.05, 4.69) is 4.90 Å². The zero-order chi connectivity index (χ0) is 15.4. The molecule has 1 saturated heterocycles. The van der Waals surface area contributed by atoms with Crippen molar-refractivity contribution in [3.8, 4) is 5.75 Å². The zero-order valence-corrected chi connectivity index (χ0v) is 12.4. The Morgan fingerprint density at radius 2 is 2.29 bits per heavy atom. The van der Waals surface area contributed by atoms with Gasteiger partial charge in [-0.25, -0.2) is 0 Å². The van der Waals surface area contributed by atoms with E-state index in [9.17, 15) is 14.9 Å². The van der Waals surface area contributed by atoms with E-state index in [1.165, 1.54) is 6.07 Å². The Hall–Kier alpha value is -1.95. The third-order valence-corrected chi connectivity index (χ3v) is 3.87. The van der Waals surface area contributed by atoms with Gasteiger partial charge in [0.25, 0.3) is 5.69 Å². The quantitative estimate of drug-likeness (QED) is 0.595. The van der Waals surface area contributed by atoms with Gasteiger partial charge in [0, 0.05) is 36.7 Å². The molecule has 0 amide bonds. The molecular formula is C15H20N2O4. The Labute approximate surface area is 123 Å². The van der Waals surface area contributed by atoms with Gasteiger partial charge in [0.1, 0.15) is 11.5 Å². The average Bonchev–Trinajstić information content (AvgIpc) is 2.85. The third-order valence-electron chi connectivity index (χ3n) is 3.87. The minimum Gasteiger partial charge on any atom is -0.496 e. The summed E-state index contributed by atoms with van der Waals surface area (Å²) in [6.45, 7) is 3.08. The van der Waals surface area contributed by atoms with Gasteiger partial charge in [-0.2, -0.15) is 0 Å². The molecule has 1 unspecified atom stereocenters. The first kappa shape index (κ1) is 15.4. The average molecular weight is 292 g/mol. The van der Waals surface area contributed by atoms with Gasteiger partial charge in [0.05, 0.1) is 12.0 Å². The molecule has 0 aliphatic carbocycles. The summed E-state index contributed by atoms with van der Waals surface area (Å²) in [5, 5.41) is 10.9. The summed E-state index contributed by atoms with van der Waals surface area (Å²) in [5.41, 5.74) is 0.857. The molecule has 2 rings (SSSR count). The van der Waals surface area contributed by atoms with Crippen molar-refractivity contribution in [2.45, 2.75) is 38.8 Å². The lowest BCUT2D eigenvalue weighted by atomic mass is 10.1. The van der Waals surface area contributed by atoms with Crippen molar-refractivity contribution in [3.05, 3.63) is 33.9 Å². The molecule has 0 saturated carbocycles. The molecule has 1 aliphatic heterocycles. The molecule has 0 N–H and O–H groups in total. The fraction of sp³-hybridized carbons (Fsp3) is 0.533. The van der Waals surface area contributed by atoms with E-state index in [0.717, 1.165) is 24.9 Å². The second-order valence-electron chi connectivity index (χ2n) is 5.43. The van der Waals surface area contributed by atoms with E-state index in [0.29, 0.717) is 18.7 Å². The van der Waals surface area contributed by atoms with Crippen LogP contribution in [0.25, 0.3) is 0 Å². The summed E-state index contributed by atoms with van der Waals surface area (Å²) < 4.78 is 5.29. The number of methoxy groups -OCH3 is 1. The highest BCUT2D eigenvalue weighted by Gasteiger charge is 2.26. The van der Waals surface area contributed by atoms with Crippen LogP contribution in [0.5, 0.6) is 5.75 Å². The first-order valence-corrected chi connectivity index (χ1v) is 7.06. The molecule has 1 aliphatic rings. The van der Waals surface area contributed by atoms with Crippen LogP contribution in [0, 0.1) is 10.1 Å². The number of carbonyl (C=O) groups excluding carboxylic acids is 1. The second kappa shape index (κ2) is 6.67. The Morgan fingerprint density at radius 1 is 1.52 bits per heavy atom. The van der Waals surface area contributed by atoms with Gasteiger partial charge in [0.15, 0.2) is 0 Å². The third kappa shape index (κ3) is 3.78. The molecule has 1 heterocycles. The number of non-ortho nitro benzene ring substituents is 1. The van der Waals surface area contributed by atoms with Crippen molar-refractivity contribution in [1.82, 2.24) is 4.90 Å². The number of nitro groups is 1. The van der Waals surface area contributed by atoms with E-state index >= 15 is 0 Å². The number of ether oxygens (including phenoxy) is 1. The summed E-state index contributed by atoms with van der Waals surface area (Å²) in [4.78, 5) is 24.0. The highest BCUT2D eigenvalue weighted by atomic mass is 16.6. The molecule has 21 heavy (non-hydrogen) atoms. The van der Waals surface area contributed by atoms with Crippen LogP contribution in [-0.4, -0.2) is 35.3 Å². The van der Waals surface area contributed by atoms with E-state index < -0.39 is 4.92 Å². The van der Waals surface area contributed by atoms with Gasteiger partial charge in [-0.1, -0.05) is 0 Å². The molecule has 0 bridgehead atoms. The second-order valence-corrected chi connectivity index (χ2v) is 5.43. The molecule has 0 radical (unpaired) electrons. The lowest BCUT2D eigenvalue weighted by molar-refractivity contribution is -0.385. The zero-order valence-electron chi connectivity index (χ0n) is 12.4. The van der Waals surface area contributed by atoms with Gasteiger partial charge in [-0.3, -0.25) is 19.8 Å². The number of benzene rings is 1. The summed E-state index contributed by atoms with van der Waals surface area (Å²) >= 11 is 0. The minimum absolute atomic E-state index is 0.0631. The Bertz CT molecular complexity index is 544. The van der Waals surface area contributed by atoms with Gasteiger partial charge in [0.2, 0.25) is 0 Å². The molecule has 1 aromatic rings. The van der Waals surface area contributed by atoms with E-state index in [-0.39, 0.29) is 17.5 Å². The van der Waals surface area contributed by atoms with Crippen molar-refractivity contribution in [1.29, 1.82) is 0 Å². The summed E-state index contributed by atoms with van der Waals surface area (Å²) in [6, 6.07) is 4.86. The summed E-state index contributed by atoms with van der Waals surface area (Å²) in [5.74, 6) is 0.826. The van der Waals surface area contributed by atoms with E-state index in [4.69, 9.17) is 4.74 Å². The highest BCUT2D eigenvalue weighted by Crippen LogP contribution is 2.29. The Kier molecular flexibility index (Phi) is 4.90. The fourth-order valence-corrected chi connectivity index (χ4v) is 2.89. The van der Waals surface area contributed by atoms with Gasteiger partial charge < -0.3 is 4.74 Å². The predicted molar refractivity (Wildman–Crippen MR) is 78.4 cm³/mol. The van der Waals surface area contributed by atoms with Crippen molar-refractivity contribution in [2.24, 2.45) is 0 Å². The minimum atomic E-state index is -0.403. The Balaban J connectivity index is 2.19. The van der Waals surface area contributed by atoms with Gasteiger partial charge in [-0.05, 0) is 32.4 Å². The summed E-state index contributed by atoms with van der Waals surface area (Å²) in [6.07, 6.45) is 2.59. The standard InChI is InChI=1S/C15H20N2O4/c1-11(18)8-13-4-3-7-16(13)10-12-9-14(17(19)20)5-6-15(12)21-2/h5-6,9,13H,3-4,7-8,10H2,1-2H3. The number of hydrogen-bond acceptors (Lipinski definition) is 5. The van der Waals surface area contributed by atoms with Crippen molar-refractivity contribution >= 4 is 11.5 Å². The first-order valence-electron chi connectivity index (χ1n) is 7.06. The lowest BCUT2D eigenvalue weighted by Crippen LogP contribution is -2.30. The van der Waals surface area contributed by atoms with Crippen LogP contribution in [-0.2, 0) is 11.3 Å². The lowest BCUT2D eigenvalue weighted by Gasteiger charge is -2.24. The number of carbonyl (C=O) groups is 1. The maximum absolute atomic E-state index is 11.3. The molecule has 114 valence electrons. The monoisotopic (exact) mass is 292 g/mol. The van der Waals surface area contributed by atoms with Crippen LogP contribution >= 0.6 is 0 Å². The van der Waals surface area contributed by atoms with Crippen molar-refractivity contribution in [2.75, 3.05) is 13.7 Å². The van der Waals surface area contributed by atoms with Crippen LogP contribution in [0.2, 0.25) is 0 Å². The van der Waals surface area contributed by atoms with E-state index in [1.807, 2.05) is 0 Å². The molecular weight excluding hydrogens is 272 g/mol. The molecule has 1 aromatic carbocycles. The molecule has 6 heteroatoms. The molecule has 1 atom stereocenters. The largest absolute Gasteiger partial charge is 0.496 e. The number of rotatable bonds is 6.